The first-order chi connectivity index (χ1) is 9.78. The predicted molar refractivity (Wildman–Crippen MR) is 85.6 cm³/mol. The first kappa shape index (κ1) is 13.5. The minimum atomic E-state index is 0.587. The van der Waals surface area contributed by atoms with Gasteiger partial charge in [-0.1, -0.05) is 37.3 Å². The van der Waals surface area contributed by atoms with E-state index in [9.17, 15) is 0 Å². The lowest BCUT2D eigenvalue weighted by molar-refractivity contribution is 0.475. The van der Waals surface area contributed by atoms with Crippen molar-refractivity contribution in [3.8, 4) is 10.9 Å². The van der Waals surface area contributed by atoms with Gasteiger partial charge in [-0.3, -0.25) is 0 Å². The van der Waals surface area contributed by atoms with E-state index in [1.807, 2.05) is 24.3 Å². The second-order valence-corrected chi connectivity index (χ2v) is 5.93. The summed E-state index contributed by atoms with van der Waals surface area (Å²) in [7, 11) is 0. The molecular formula is C15H13BrN2OS. The molecule has 0 bridgehead atoms. The summed E-state index contributed by atoms with van der Waals surface area (Å²) in [6.07, 6.45) is 1.93. The van der Waals surface area contributed by atoms with Gasteiger partial charge in [-0.2, -0.15) is 9.36 Å². The lowest BCUT2D eigenvalue weighted by Gasteiger charge is -2.07. The van der Waals surface area contributed by atoms with Crippen molar-refractivity contribution in [3.05, 3.63) is 46.7 Å². The summed E-state index contributed by atoms with van der Waals surface area (Å²) in [5.41, 5.74) is 0. The van der Waals surface area contributed by atoms with Crippen molar-refractivity contribution in [2.45, 2.75) is 19.8 Å². The average molecular weight is 349 g/mol. The molecule has 5 heteroatoms. The van der Waals surface area contributed by atoms with Crippen molar-refractivity contribution in [1.29, 1.82) is 0 Å². The molecule has 0 saturated heterocycles. The van der Waals surface area contributed by atoms with Crippen molar-refractivity contribution in [2.75, 3.05) is 0 Å². The van der Waals surface area contributed by atoms with Crippen LogP contribution in [0.15, 0.2) is 40.9 Å². The maximum absolute atomic E-state index is 5.84. The highest BCUT2D eigenvalue weighted by atomic mass is 79.9. The van der Waals surface area contributed by atoms with E-state index in [0.717, 1.165) is 34.3 Å². The molecule has 20 heavy (non-hydrogen) atoms. The molecule has 1 aromatic heterocycles. The third kappa shape index (κ3) is 2.69. The number of hydrogen-bond donors (Lipinski definition) is 0. The summed E-state index contributed by atoms with van der Waals surface area (Å²) in [5.74, 6) is 1.62. The number of hydrogen-bond acceptors (Lipinski definition) is 4. The smallest absolute Gasteiger partial charge is 0.298 e. The molecule has 3 rings (SSSR count). The summed E-state index contributed by atoms with van der Waals surface area (Å²) >= 11 is 4.90. The minimum absolute atomic E-state index is 0.587. The van der Waals surface area contributed by atoms with Crippen molar-refractivity contribution < 1.29 is 4.74 Å². The van der Waals surface area contributed by atoms with E-state index < -0.39 is 0 Å². The van der Waals surface area contributed by atoms with Crippen LogP contribution in [0.3, 0.4) is 0 Å². The highest BCUT2D eigenvalue weighted by Gasteiger charge is 2.10. The van der Waals surface area contributed by atoms with Crippen LogP contribution in [0.25, 0.3) is 10.8 Å². The second kappa shape index (κ2) is 5.89. The number of benzene rings is 2. The molecule has 0 saturated carbocycles. The normalized spacial score (nSPS) is 10.9. The number of halogens is 1. The van der Waals surface area contributed by atoms with Crippen LogP contribution in [-0.4, -0.2) is 9.36 Å². The van der Waals surface area contributed by atoms with E-state index in [1.165, 1.54) is 16.9 Å². The molecule has 0 fully saturated rings. The number of aromatic nitrogens is 2. The summed E-state index contributed by atoms with van der Waals surface area (Å²) in [6, 6.07) is 12.2. The van der Waals surface area contributed by atoms with Crippen LogP contribution in [0.1, 0.15) is 19.2 Å². The Morgan fingerprint density at radius 3 is 2.90 bits per heavy atom. The SMILES string of the molecule is CCCc1nsc(Oc2ccc3ccccc3c2Br)n1. The number of nitrogens with zero attached hydrogens (tertiary/aromatic N) is 2. The summed E-state index contributed by atoms with van der Waals surface area (Å²) in [5, 5.41) is 2.89. The van der Waals surface area contributed by atoms with Gasteiger partial charge in [0.05, 0.1) is 4.47 Å². The van der Waals surface area contributed by atoms with E-state index in [1.54, 1.807) is 0 Å². The molecule has 0 aliphatic heterocycles. The molecule has 1 heterocycles. The van der Waals surface area contributed by atoms with E-state index in [2.05, 4.69) is 44.3 Å². The molecule has 3 nitrogen and oxygen atoms in total. The van der Waals surface area contributed by atoms with Crippen LogP contribution in [0, 0.1) is 0 Å². The van der Waals surface area contributed by atoms with Crippen molar-refractivity contribution >= 4 is 38.2 Å². The van der Waals surface area contributed by atoms with Crippen LogP contribution in [0.5, 0.6) is 10.9 Å². The molecule has 0 radical (unpaired) electrons. The molecule has 0 amide bonds. The number of rotatable bonds is 4. The highest BCUT2D eigenvalue weighted by Crippen LogP contribution is 2.36. The van der Waals surface area contributed by atoms with Gasteiger partial charge in [0, 0.05) is 18.0 Å². The topological polar surface area (TPSA) is 35.0 Å². The summed E-state index contributed by atoms with van der Waals surface area (Å²) in [4.78, 5) is 4.38. The standard InChI is InChI=1S/C15H13BrN2OS/c1-2-5-13-17-15(20-18-13)19-12-9-8-10-6-3-4-7-11(10)14(12)16/h3-4,6-9H,2,5H2,1H3. The number of ether oxygens (including phenoxy) is 1. The molecule has 0 aliphatic carbocycles. The first-order valence-corrected chi connectivity index (χ1v) is 8.02. The Kier molecular flexibility index (Phi) is 3.98. The molecule has 0 aliphatic rings. The van der Waals surface area contributed by atoms with Crippen LogP contribution >= 0.6 is 27.5 Å². The second-order valence-electron chi connectivity index (χ2n) is 4.43. The van der Waals surface area contributed by atoms with Crippen molar-refractivity contribution in [1.82, 2.24) is 9.36 Å². The maximum atomic E-state index is 5.84. The van der Waals surface area contributed by atoms with Gasteiger partial charge in [0.15, 0.2) is 0 Å². The van der Waals surface area contributed by atoms with Crippen LogP contribution in [0.4, 0.5) is 0 Å². The fourth-order valence-electron chi connectivity index (χ4n) is 1.99. The van der Waals surface area contributed by atoms with E-state index >= 15 is 0 Å². The Labute approximate surface area is 129 Å². The predicted octanol–water partition coefficient (Wildman–Crippen LogP) is 5.20. The van der Waals surface area contributed by atoms with Gasteiger partial charge in [0.2, 0.25) is 0 Å². The molecule has 3 aromatic rings. The number of aryl methyl sites for hydroxylation is 1. The van der Waals surface area contributed by atoms with Crippen molar-refractivity contribution in [3.63, 3.8) is 0 Å². The van der Waals surface area contributed by atoms with Gasteiger partial charge in [0.1, 0.15) is 11.6 Å². The molecule has 0 atom stereocenters. The fourth-order valence-corrected chi connectivity index (χ4v) is 3.15. The Bertz CT molecular complexity index is 742. The highest BCUT2D eigenvalue weighted by molar-refractivity contribution is 9.10. The molecule has 0 spiro atoms. The zero-order valence-corrected chi connectivity index (χ0v) is 13.4. The van der Waals surface area contributed by atoms with Gasteiger partial charge in [0.25, 0.3) is 5.19 Å². The van der Waals surface area contributed by atoms with Crippen LogP contribution in [-0.2, 0) is 6.42 Å². The molecule has 2 aromatic carbocycles. The summed E-state index contributed by atoms with van der Waals surface area (Å²) in [6.45, 7) is 2.11. The van der Waals surface area contributed by atoms with Gasteiger partial charge in [-0.05, 0) is 39.2 Å². The largest absolute Gasteiger partial charge is 0.429 e. The third-order valence-corrected chi connectivity index (χ3v) is 4.40. The van der Waals surface area contributed by atoms with Gasteiger partial charge in [-0.15, -0.1) is 0 Å². The zero-order chi connectivity index (χ0) is 13.9. The lowest BCUT2D eigenvalue weighted by Crippen LogP contribution is -1.88. The molecule has 0 unspecified atom stereocenters. The number of fused-ring (bicyclic) bond motifs is 1. The van der Waals surface area contributed by atoms with E-state index in [-0.39, 0.29) is 0 Å². The third-order valence-electron chi connectivity index (χ3n) is 2.95. The van der Waals surface area contributed by atoms with Gasteiger partial charge < -0.3 is 4.74 Å². The zero-order valence-electron chi connectivity index (χ0n) is 11.0. The Morgan fingerprint density at radius 1 is 1.20 bits per heavy atom. The minimum Gasteiger partial charge on any atom is -0.429 e. The fraction of sp³-hybridized carbons (Fsp3) is 0.200. The van der Waals surface area contributed by atoms with Crippen LogP contribution in [0.2, 0.25) is 0 Å². The Morgan fingerprint density at radius 2 is 2.05 bits per heavy atom. The van der Waals surface area contributed by atoms with E-state index in [0.29, 0.717) is 5.19 Å². The molecule has 102 valence electrons. The maximum Gasteiger partial charge on any atom is 0.298 e. The Balaban J connectivity index is 1.91. The summed E-state index contributed by atoms with van der Waals surface area (Å²) < 4.78 is 11.1. The molecular weight excluding hydrogens is 336 g/mol. The molecule has 0 N–H and O–H groups in total. The van der Waals surface area contributed by atoms with Crippen LogP contribution < -0.4 is 4.74 Å². The lowest BCUT2D eigenvalue weighted by atomic mass is 10.1. The average Bonchev–Trinajstić information content (AvgIpc) is 2.90. The monoisotopic (exact) mass is 348 g/mol. The quantitative estimate of drug-likeness (QED) is 0.649. The van der Waals surface area contributed by atoms with Gasteiger partial charge >= 0.3 is 0 Å². The van der Waals surface area contributed by atoms with Crippen molar-refractivity contribution in [2.24, 2.45) is 0 Å². The first-order valence-electron chi connectivity index (χ1n) is 6.45. The Hall–Kier alpha value is -1.46. The van der Waals surface area contributed by atoms with Gasteiger partial charge in [-0.25, -0.2) is 0 Å². The van der Waals surface area contributed by atoms with E-state index in [4.69, 9.17) is 4.74 Å².